The molecular formula is C17H28O6. The molecule has 0 fully saturated rings. The zero-order chi connectivity index (χ0) is 18.3. The van der Waals surface area contributed by atoms with E-state index in [9.17, 15) is 19.2 Å². The van der Waals surface area contributed by atoms with Gasteiger partial charge in [-0.1, -0.05) is 20.8 Å². The number of rotatable bonds is 10. The molecule has 0 N–H and O–H groups in total. The molecule has 3 unspecified atom stereocenters. The molecule has 0 heterocycles. The van der Waals surface area contributed by atoms with E-state index in [-0.39, 0.29) is 12.8 Å². The molecule has 0 aromatic carbocycles. The molecule has 0 spiro atoms. The molecule has 0 rings (SSSR count). The standard InChI is InChI=1S/C17H28O6/c1-7-10-14(21)23-17(9-3,16(6,8-2)11-18)15(12(4)19)22-13(5)20/h11,15H,7-10H2,1-6H3. The van der Waals surface area contributed by atoms with Crippen LogP contribution >= 0.6 is 0 Å². The second-order valence-corrected chi connectivity index (χ2v) is 5.96. The maximum atomic E-state index is 12.1. The van der Waals surface area contributed by atoms with Gasteiger partial charge in [0.2, 0.25) is 0 Å². The van der Waals surface area contributed by atoms with Crippen LogP contribution < -0.4 is 0 Å². The average molecular weight is 328 g/mol. The predicted octanol–water partition coefficient (Wildman–Crippen LogP) is 2.61. The average Bonchev–Trinajstić information content (AvgIpc) is 2.49. The lowest BCUT2D eigenvalue weighted by molar-refractivity contribution is -0.209. The summed E-state index contributed by atoms with van der Waals surface area (Å²) in [6, 6.07) is 0. The van der Waals surface area contributed by atoms with E-state index in [2.05, 4.69) is 0 Å². The van der Waals surface area contributed by atoms with Gasteiger partial charge < -0.3 is 14.3 Å². The minimum atomic E-state index is -1.52. The van der Waals surface area contributed by atoms with Crippen molar-refractivity contribution in [2.45, 2.75) is 78.9 Å². The second kappa shape index (κ2) is 8.79. The molecule has 23 heavy (non-hydrogen) atoms. The first-order valence-electron chi connectivity index (χ1n) is 7.99. The van der Waals surface area contributed by atoms with Crippen molar-refractivity contribution in [2.75, 3.05) is 0 Å². The number of ketones is 1. The maximum absolute atomic E-state index is 12.1. The number of aldehydes is 1. The van der Waals surface area contributed by atoms with E-state index in [1.165, 1.54) is 13.8 Å². The molecule has 0 bridgehead atoms. The zero-order valence-electron chi connectivity index (χ0n) is 14.9. The molecule has 0 saturated carbocycles. The van der Waals surface area contributed by atoms with E-state index in [4.69, 9.17) is 9.47 Å². The third kappa shape index (κ3) is 4.62. The molecule has 0 aromatic rings. The summed E-state index contributed by atoms with van der Waals surface area (Å²) >= 11 is 0. The van der Waals surface area contributed by atoms with E-state index in [1.807, 2.05) is 6.92 Å². The van der Waals surface area contributed by atoms with Crippen LogP contribution in [0.1, 0.15) is 67.2 Å². The topological polar surface area (TPSA) is 86.7 Å². The number of esters is 2. The summed E-state index contributed by atoms with van der Waals surface area (Å²) in [6.45, 7) is 9.33. The lowest BCUT2D eigenvalue weighted by atomic mass is 9.66. The second-order valence-electron chi connectivity index (χ2n) is 5.96. The lowest BCUT2D eigenvalue weighted by Crippen LogP contribution is -2.61. The fraction of sp³-hybridized carbons (Fsp3) is 0.765. The summed E-state index contributed by atoms with van der Waals surface area (Å²) in [7, 11) is 0. The summed E-state index contributed by atoms with van der Waals surface area (Å²) in [5, 5.41) is 0. The summed E-state index contributed by atoms with van der Waals surface area (Å²) in [4.78, 5) is 47.4. The summed E-state index contributed by atoms with van der Waals surface area (Å²) in [6.07, 6.45) is 0.583. The molecule has 132 valence electrons. The van der Waals surface area contributed by atoms with Crippen molar-refractivity contribution in [1.29, 1.82) is 0 Å². The highest BCUT2D eigenvalue weighted by Crippen LogP contribution is 2.43. The van der Waals surface area contributed by atoms with Gasteiger partial charge in [0, 0.05) is 13.3 Å². The van der Waals surface area contributed by atoms with Crippen LogP contribution in [-0.2, 0) is 28.7 Å². The normalized spacial score (nSPS) is 17.3. The van der Waals surface area contributed by atoms with E-state index < -0.39 is 34.8 Å². The highest BCUT2D eigenvalue weighted by atomic mass is 16.6. The number of carbonyl (C=O) groups excluding carboxylic acids is 4. The highest BCUT2D eigenvalue weighted by molar-refractivity contribution is 5.86. The van der Waals surface area contributed by atoms with Crippen LogP contribution in [0.15, 0.2) is 0 Å². The van der Waals surface area contributed by atoms with Gasteiger partial charge in [0.15, 0.2) is 17.5 Å². The molecule has 6 nitrogen and oxygen atoms in total. The lowest BCUT2D eigenvalue weighted by Gasteiger charge is -2.47. The molecular weight excluding hydrogens is 300 g/mol. The van der Waals surface area contributed by atoms with Crippen LogP contribution in [0, 0.1) is 5.41 Å². The highest BCUT2D eigenvalue weighted by Gasteiger charge is 2.58. The molecule has 0 aliphatic carbocycles. The van der Waals surface area contributed by atoms with Gasteiger partial charge in [-0.05, 0) is 33.1 Å². The number of hydrogen-bond acceptors (Lipinski definition) is 6. The molecule has 3 atom stereocenters. The van der Waals surface area contributed by atoms with Crippen LogP contribution in [0.25, 0.3) is 0 Å². The Labute approximate surface area is 137 Å². The largest absolute Gasteiger partial charge is 0.454 e. The molecule has 0 aliphatic rings. The fourth-order valence-electron chi connectivity index (χ4n) is 2.74. The summed E-state index contributed by atoms with van der Waals surface area (Å²) in [5.74, 6) is -1.65. The Kier molecular flexibility index (Phi) is 8.14. The van der Waals surface area contributed by atoms with Gasteiger partial charge in [0.1, 0.15) is 6.29 Å². The van der Waals surface area contributed by atoms with Gasteiger partial charge in [0.25, 0.3) is 0 Å². The monoisotopic (exact) mass is 328 g/mol. The third-order valence-corrected chi connectivity index (χ3v) is 4.31. The first-order chi connectivity index (χ1) is 10.6. The minimum absolute atomic E-state index is 0.158. The predicted molar refractivity (Wildman–Crippen MR) is 84.7 cm³/mol. The Balaban J connectivity index is 6.19. The number of carbonyl (C=O) groups is 4. The SMILES string of the molecule is CCCC(=O)OC(CC)(C(OC(C)=O)C(C)=O)C(C)(C=O)CC. The maximum Gasteiger partial charge on any atom is 0.306 e. The number of hydrogen-bond donors (Lipinski definition) is 0. The van der Waals surface area contributed by atoms with Crippen molar-refractivity contribution in [3.8, 4) is 0 Å². The van der Waals surface area contributed by atoms with E-state index in [1.54, 1.807) is 20.8 Å². The van der Waals surface area contributed by atoms with Crippen molar-refractivity contribution < 1.29 is 28.7 Å². The Bertz CT molecular complexity index is 458. The van der Waals surface area contributed by atoms with Crippen LogP contribution in [-0.4, -0.2) is 35.7 Å². The molecule has 0 radical (unpaired) electrons. The first-order valence-corrected chi connectivity index (χ1v) is 7.99. The number of ether oxygens (including phenoxy) is 2. The van der Waals surface area contributed by atoms with Crippen LogP contribution in [0.2, 0.25) is 0 Å². The molecule has 0 aromatic heterocycles. The van der Waals surface area contributed by atoms with Crippen LogP contribution in [0.3, 0.4) is 0 Å². The zero-order valence-corrected chi connectivity index (χ0v) is 14.9. The Morgan fingerprint density at radius 3 is 1.96 bits per heavy atom. The van der Waals surface area contributed by atoms with Crippen LogP contribution in [0.4, 0.5) is 0 Å². The first kappa shape index (κ1) is 21.3. The van der Waals surface area contributed by atoms with E-state index in [0.29, 0.717) is 19.1 Å². The Morgan fingerprint density at radius 1 is 1.09 bits per heavy atom. The summed E-state index contributed by atoms with van der Waals surface area (Å²) < 4.78 is 10.8. The quantitative estimate of drug-likeness (QED) is 0.452. The third-order valence-electron chi connectivity index (χ3n) is 4.31. The van der Waals surface area contributed by atoms with Crippen molar-refractivity contribution in [2.24, 2.45) is 5.41 Å². The van der Waals surface area contributed by atoms with Gasteiger partial charge in [-0.25, -0.2) is 0 Å². The Morgan fingerprint density at radius 2 is 1.65 bits per heavy atom. The molecule has 0 saturated heterocycles. The fourth-order valence-corrected chi connectivity index (χ4v) is 2.74. The van der Waals surface area contributed by atoms with Gasteiger partial charge in [-0.2, -0.15) is 0 Å². The van der Waals surface area contributed by atoms with Crippen molar-refractivity contribution in [1.82, 2.24) is 0 Å². The van der Waals surface area contributed by atoms with Crippen molar-refractivity contribution >= 4 is 24.0 Å². The molecule has 0 aliphatic heterocycles. The molecule has 6 heteroatoms. The number of Topliss-reactive ketones (excluding diaryl/α,β-unsaturated/α-hetero) is 1. The van der Waals surface area contributed by atoms with Crippen molar-refractivity contribution in [3.63, 3.8) is 0 Å². The van der Waals surface area contributed by atoms with Gasteiger partial charge in [-0.15, -0.1) is 0 Å². The van der Waals surface area contributed by atoms with E-state index >= 15 is 0 Å². The smallest absolute Gasteiger partial charge is 0.306 e. The Hall–Kier alpha value is -1.72. The molecule has 0 amide bonds. The minimum Gasteiger partial charge on any atom is -0.454 e. The van der Waals surface area contributed by atoms with Crippen LogP contribution in [0.5, 0.6) is 0 Å². The van der Waals surface area contributed by atoms with Gasteiger partial charge in [0.05, 0.1) is 5.41 Å². The van der Waals surface area contributed by atoms with Gasteiger partial charge >= 0.3 is 11.9 Å². The summed E-state index contributed by atoms with van der Waals surface area (Å²) in [5.41, 5.74) is -2.68. The van der Waals surface area contributed by atoms with E-state index in [0.717, 1.165) is 0 Å². The van der Waals surface area contributed by atoms with Crippen molar-refractivity contribution in [3.05, 3.63) is 0 Å². The van der Waals surface area contributed by atoms with Gasteiger partial charge in [-0.3, -0.25) is 14.4 Å².